The first-order chi connectivity index (χ1) is 13.1. The molecule has 0 aliphatic carbocycles. The predicted octanol–water partition coefficient (Wildman–Crippen LogP) is 6.86. The van der Waals surface area contributed by atoms with Gasteiger partial charge >= 0.3 is 7.82 Å². The van der Waals surface area contributed by atoms with Crippen LogP contribution in [-0.2, 0) is 9.09 Å². The molecule has 27 heavy (non-hydrogen) atoms. The highest BCUT2D eigenvalue weighted by Gasteiger charge is 2.33. The average Bonchev–Trinajstić information content (AvgIpc) is 2.67. The second kappa shape index (κ2) is 10.9. The van der Waals surface area contributed by atoms with Crippen LogP contribution in [0.5, 0.6) is 11.5 Å². The van der Waals surface area contributed by atoms with E-state index >= 15 is 0 Å². The zero-order valence-corrected chi connectivity index (χ0v) is 16.3. The topological polar surface area (TPSA) is 44.8 Å². The first-order valence-corrected chi connectivity index (χ1v) is 10.0. The Hall–Kier alpha value is -2.97. The summed E-state index contributed by atoms with van der Waals surface area (Å²) < 4.78 is 30.3. The molecular weight excluding hydrogens is 359 g/mol. The van der Waals surface area contributed by atoms with E-state index in [1.807, 2.05) is 44.2 Å². The molecule has 0 saturated heterocycles. The molecule has 0 N–H and O–H groups in total. The second-order valence-electron chi connectivity index (χ2n) is 5.33. The number of para-hydroxylation sites is 2. The smallest absolute Gasteiger partial charge is 0.386 e. The number of rotatable bonds is 9. The maximum absolute atomic E-state index is 13.4. The van der Waals surface area contributed by atoms with Gasteiger partial charge in [0, 0.05) is 0 Å². The Kier molecular flexibility index (Phi) is 8.21. The van der Waals surface area contributed by atoms with E-state index < -0.39 is 7.82 Å². The third kappa shape index (κ3) is 7.43. The van der Waals surface area contributed by atoms with Crippen LogP contribution in [0.25, 0.3) is 0 Å². The Balaban J connectivity index is 2.32. The number of phosphoric ester groups is 1. The second-order valence-corrected chi connectivity index (χ2v) is 6.77. The van der Waals surface area contributed by atoms with Gasteiger partial charge in [0.2, 0.25) is 0 Å². The largest absolute Gasteiger partial charge is 0.647 e. The van der Waals surface area contributed by atoms with E-state index in [2.05, 4.69) is 0 Å². The quantitative estimate of drug-likeness (QED) is 0.270. The van der Waals surface area contributed by atoms with E-state index in [0.29, 0.717) is 17.3 Å². The molecule has 0 bridgehead atoms. The number of benzene rings is 2. The molecule has 140 valence electrons. The summed E-state index contributed by atoms with van der Waals surface area (Å²) in [5, 5.41) is 0. The summed E-state index contributed by atoms with van der Waals surface area (Å²) in [6.07, 6.45) is 12.5. The molecule has 0 heterocycles. The Morgan fingerprint density at radius 2 is 1.30 bits per heavy atom. The van der Waals surface area contributed by atoms with E-state index in [-0.39, 0.29) is 0 Å². The first kappa shape index (κ1) is 20.3. The molecule has 2 aromatic carbocycles. The Morgan fingerprint density at radius 3 is 1.78 bits per heavy atom. The lowest BCUT2D eigenvalue weighted by Gasteiger charge is -2.19. The van der Waals surface area contributed by atoms with Gasteiger partial charge < -0.3 is 13.6 Å². The minimum atomic E-state index is -3.99. The van der Waals surface area contributed by atoms with E-state index in [1.54, 1.807) is 72.8 Å². The van der Waals surface area contributed by atoms with E-state index in [0.717, 1.165) is 0 Å². The summed E-state index contributed by atoms with van der Waals surface area (Å²) in [6, 6.07) is 17.6. The minimum Gasteiger partial charge on any atom is -0.386 e. The lowest BCUT2D eigenvalue weighted by molar-refractivity contribution is 0.262. The van der Waals surface area contributed by atoms with E-state index in [9.17, 15) is 4.57 Å². The van der Waals surface area contributed by atoms with Crippen molar-refractivity contribution in [3.8, 4) is 11.5 Å². The van der Waals surface area contributed by atoms with Crippen LogP contribution in [-0.4, -0.2) is 0 Å². The summed E-state index contributed by atoms with van der Waals surface area (Å²) in [4.78, 5) is 0. The summed E-state index contributed by atoms with van der Waals surface area (Å²) in [5.41, 5.74) is 0. The van der Waals surface area contributed by atoms with Crippen molar-refractivity contribution in [1.29, 1.82) is 0 Å². The molecule has 0 atom stereocenters. The van der Waals surface area contributed by atoms with Gasteiger partial charge in [-0.25, -0.2) is 0 Å². The molecule has 4 nitrogen and oxygen atoms in total. The van der Waals surface area contributed by atoms with Crippen LogP contribution in [0.1, 0.15) is 13.8 Å². The van der Waals surface area contributed by atoms with Gasteiger partial charge in [-0.05, 0) is 50.3 Å². The molecule has 5 heteroatoms. The molecule has 2 aromatic rings. The van der Waals surface area contributed by atoms with Crippen molar-refractivity contribution in [2.24, 2.45) is 0 Å². The SMILES string of the molecule is C\C=C/C=C(\C=C/C=C/C)OP(=O)(Oc1ccccc1)Oc1ccccc1. The molecule has 0 unspecified atom stereocenters. The highest BCUT2D eigenvalue weighted by Crippen LogP contribution is 2.51. The molecule has 0 aliphatic heterocycles. The zero-order valence-electron chi connectivity index (χ0n) is 15.4. The standard InChI is InChI=1S/C22H23O4P/c1-3-5-9-15-20(14-6-4-2)24-27(23,25-21-16-10-7-11-17-21)26-22-18-12-8-13-19-22/h3-19H,1-2H3/b5-3+,6-4-,15-9-,20-14+. The lowest BCUT2D eigenvalue weighted by Crippen LogP contribution is -2.04. The van der Waals surface area contributed by atoms with Crippen LogP contribution in [0, 0.1) is 0 Å². The van der Waals surface area contributed by atoms with Gasteiger partial charge in [0.05, 0.1) is 0 Å². The number of allylic oxidation sites excluding steroid dienone is 7. The fourth-order valence-corrected chi connectivity index (χ4v) is 3.23. The van der Waals surface area contributed by atoms with Crippen LogP contribution in [0.3, 0.4) is 0 Å². The van der Waals surface area contributed by atoms with Crippen molar-refractivity contribution in [1.82, 2.24) is 0 Å². The normalized spacial score (nSPS) is 12.7. The summed E-state index contributed by atoms with van der Waals surface area (Å²) in [6.45, 7) is 3.78. The molecule has 0 aliphatic rings. The molecule has 0 spiro atoms. The van der Waals surface area contributed by atoms with Crippen LogP contribution in [0.2, 0.25) is 0 Å². The maximum Gasteiger partial charge on any atom is 0.647 e. The van der Waals surface area contributed by atoms with Gasteiger partial charge in [-0.2, -0.15) is 4.57 Å². The maximum atomic E-state index is 13.4. The molecule has 0 saturated carbocycles. The lowest BCUT2D eigenvalue weighted by atomic mass is 10.3. The van der Waals surface area contributed by atoms with Gasteiger partial charge in [0.1, 0.15) is 17.3 Å². The third-order valence-corrected chi connectivity index (χ3v) is 4.46. The monoisotopic (exact) mass is 382 g/mol. The minimum absolute atomic E-state index is 0.349. The molecule has 0 radical (unpaired) electrons. The van der Waals surface area contributed by atoms with Crippen molar-refractivity contribution >= 4 is 7.82 Å². The van der Waals surface area contributed by atoms with E-state index in [1.165, 1.54) is 0 Å². The Labute approximate surface area is 160 Å². The van der Waals surface area contributed by atoms with Crippen molar-refractivity contribution in [3.63, 3.8) is 0 Å². The van der Waals surface area contributed by atoms with Crippen LogP contribution >= 0.6 is 7.82 Å². The molecule has 0 fully saturated rings. The summed E-state index contributed by atoms with van der Waals surface area (Å²) in [5.74, 6) is 1.13. The molecule has 0 amide bonds. The highest BCUT2D eigenvalue weighted by atomic mass is 31.2. The van der Waals surface area contributed by atoms with Crippen molar-refractivity contribution in [2.45, 2.75) is 13.8 Å². The van der Waals surface area contributed by atoms with Crippen LogP contribution in [0.4, 0.5) is 0 Å². The molecular formula is C22H23O4P. The summed E-state index contributed by atoms with van der Waals surface area (Å²) >= 11 is 0. The number of phosphoric acid groups is 1. The summed E-state index contributed by atoms with van der Waals surface area (Å²) in [7, 11) is -3.99. The van der Waals surface area contributed by atoms with Crippen LogP contribution < -0.4 is 9.05 Å². The van der Waals surface area contributed by atoms with Crippen molar-refractivity contribution < 1.29 is 18.1 Å². The Morgan fingerprint density at radius 1 is 0.778 bits per heavy atom. The first-order valence-electron chi connectivity index (χ1n) is 8.56. The predicted molar refractivity (Wildman–Crippen MR) is 110 cm³/mol. The van der Waals surface area contributed by atoms with Crippen molar-refractivity contribution in [3.05, 3.63) is 109 Å². The van der Waals surface area contributed by atoms with E-state index in [4.69, 9.17) is 13.6 Å². The number of hydrogen-bond acceptors (Lipinski definition) is 4. The number of hydrogen-bond donors (Lipinski definition) is 0. The fraction of sp³-hybridized carbons (Fsp3) is 0.0909. The fourth-order valence-electron chi connectivity index (χ4n) is 1.97. The zero-order chi connectivity index (χ0) is 19.4. The Bertz CT molecular complexity index is 807. The molecule has 2 rings (SSSR count). The van der Waals surface area contributed by atoms with Gasteiger partial charge in [-0.3, -0.25) is 0 Å². The van der Waals surface area contributed by atoms with Crippen molar-refractivity contribution in [2.75, 3.05) is 0 Å². The van der Waals surface area contributed by atoms with Gasteiger partial charge in [0.15, 0.2) is 0 Å². The van der Waals surface area contributed by atoms with Gasteiger partial charge in [-0.15, -0.1) is 0 Å². The third-order valence-electron chi connectivity index (χ3n) is 3.16. The molecule has 0 aromatic heterocycles. The van der Waals surface area contributed by atoms with Gasteiger partial charge in [0.25, 0.3) is 0 Å². The van der Waals surface area contributed by atoms with Gasteiger partial charge in [-0.1, -0.05) is 66.8 Å². The van der Waals surface area contributed by atoms with Crippen LogP contribution in [0.15, 0.2) is 109 Å². The average molecular weight is 382 g/mol. The highest BCUT2D eigenvalue weighted by molar-refractivity contribution is 7.49.